The van der Waals surface area contributed by atoms with E-state index in [0.29, 0.717) is 24.3 Å². The van der Waals surface area contributed by atoms with E-state index < -0.39 is 15.8 Å². The monoisotopic (exact) mass is 370 g/mol. The van der Waals surface area contributed by atoms with Crippen molar-refractivity contribution in [2.75, 3.05) is 13.1 Å². The molecular formula is C18H27FN2O3S. The molecule has 0 spiro atoms. The summed E-state index contributed by atoms with van der Waals surface area (Å²) in [5.74, 6) is -0.374. The van der Waals surface area contributed by atoms with E-state index in [0.717, 1.165) is 6.07 Å². The molecule has 1 fully saturated rings. The average Bonchev–Trinajstić information content (AvgIpc) is 2.57. The lowest BCUT2D eigenvalue weighted by Gasteiger charge is -2.31. The predicted octanol–water partition coefficient (Wildman–Crippen LogP) is 2.70. The van der Waals surface area contributed by atoms with Crippen molar-refractivity contribution in [2.45, 2.75) is 51.5 Å². The summed E-state index contributed by atoms with van der Waals surface area (Å²) in [4.78, 5) is 12.3. The number of amides is 1. The predicted molar refractivity (Wildman–Crippen MR) is 95.1 cm³/mol. The molecule has 25 heavy (non-hydrogen) atoms. The molecule has 2 rings (SSSR count). The molecule has 1 N–H and O–H groups in total. The van der Waals surface area contributed by atoms with Gasteiger partial charge < -0.3 is 5.32 Å². The number of nitrogens with one attached hydrogen (secondary N) is 1. The minimum atomic E-state index is -3.73. The molecule has 0 bridgehead atoms. The van der Waals surface area contributed by atoms with Gasteiger partial charge in [0, 0.05) is 25.0 Å². The fourth-order valence-electron chi connectivity index (χ4n) is 2.75. The molecule has 1 saturated heterocycles. The first-order chi connectivity index (χ1) is 11.6. The van der Waals surface area contributed by atoms with Crippen LogP contribution in [0.4, 0.5) is 4.39 Å². The molecule has 1 atom stereocenters. The average molecular weight is 370 g/mol. The van der Waals surface area contributed by atoms with E-state index in [4.69, 9.17) is 0 Å². The van der Waals surface area contributed by atoms with Gasteiger partial charge in [-0.1, -0.05) is 19.9 Å². The van der Waals surface area contributed by atoms with E-state index in [2.05, 4.69) is 5.32 Å². The summed E-state index contributed by atoms with van der Waals surface area (Å²) in [5, 5.41) is 2.99. The SMILES string of the molecule is Cc1ccc(S(=O)(=O)N2CCC(C(=O)N[C@@H](C)C(C)C)CC2)cc1F. The Morgan fingerprint density at radius 1 is 1.24 bits per heavy atom. The Kier molecular flexibility index (Phi) is 6.21. The zero-order chi connectivity index (χ0) is 18.8. The van der Waals surface area contributed by atoms with Gasteiger partial charge in [-0.15, -0.1) is 0 Å². The quantitative estimate of drug-likeness (QED) is 0.867. The molecule has 0 aliphatic carbocycles. The van der Waals surface area contributed by atoms with Crippen molar-refractivity contribution in [3.8, 4) is 0 Å². The van der Waals surface area contributed by atoms with Crippen LogP contribution in [-0.2, 0) is 14.8 Å². The molecule has 1 aromatic rings. The second kappa shape index (κ2) is 7.83. The third-order valence-electron chi connectivity index (χ3n) is 4.98. The third-order valence-corrected chi connectivity index (χ3v) is 6.87. The molecule has 0 saturated carbocycles. The maximum Gasteiger partial charge on any atom is 0.243 e. The molecule has 1 aliphatic heterocycles. The van der Waals surface area contributed by atoms with Crippen LogP contribution in [0.25, 0.3) is 0 Å². The zero-order valence-corrected chi connectivity index (χ0v) is 16.1. The van der Waals surface area contributed by atoms with Crippen LogP contribution in [0.5, 0.6) is 0 Å². The van der Waals surface area contributed by atoms with Gasteiger partial charge in [-0.05, 0) is 50.3 Å². The highest BCUT2D eigenvalue weighted by atomic mass is 32.2. The van der Waals surface area contributed by atoms with Crippen molar-refractivity contribution < 1.29 is 17.6 Å². The van der Waals surface area contributed by atoms with E-state index in [1.807, 2.05) is 20.8 Å². The number of piperidine rings is 1. The standard InChI is InChI=1S/C18H27FN2O3S/c1-12(2)14(4)20-18(22)15-7-9-21(10-8-15)25(23,24)16-6-5-13(3)17(19)11-16/h5-6,11-12,14-15H,7-10H2,1-4H3,(H,20,22)/t14-/m0/s1. The number of hydrogen-bond acceptors (Lipinski definition) is 3. The minimum absolute atomic E-state index is 0.0142. The van der Waals surface area contributed by atoms with E-state index >= 15 is 0 Å². The fraction of sp³-hybridized carbons (Fsp3) is 0.611. The number of nitrogens with zero attached hydrogens (tertiary/aromatic N) is 1. The summed E-state index contributed by atoms with van der Waals surface area (Å²) >= 11 is 0. The van der Waals surface area contributed by atoms with Crippen LogP contribution in [0, 0.1) is 24.6 Å². The van der Waals surface area contributed by atoms with Gasteiger partial charge >= 0.3 is 0 Å². The molecule has 0 radical (unpaired) electrons. The summed E-state index contributed by atoms with van der Waals surface area (Å²) in [6.45, 7) is 8.18. The molecule has 5 nitrogen and oxygen atoms in total. The zero-order valence-electron chi connectivity index (χ0n) is 15.3. The van der Waals surface area contributed by atoms with Crippen molar-refractivity contribution in [3.05, 3.63) is 29.6 Å². The number of benzene rings is 1. The van der Waals surface area contributed by atoms with E-state index in [9.17, 15) is 17.6 Å². The molecule has 0 unspecified atom stereocenters. The van der Waals surface area contributed by atoms with E-state index in [1.165, 1.54) is 16.4 Å². The smallest absolute Gasteiger partial charge is 0.243 e. The van der Waals surface area contributed by atoms with E-state index in [-0.39, 0.29) is 35.9 Å². The Bertz CT molecular complexity index is 726. The number of rotatable bonds is 5. The molecule has 1 aliphatic rings. The molecular weight excluding hydrogens is 343 g/mol. The topological polar surface area (TPSA) is 66.5 Å². The normalized spacial score (nSPS) is 18.3. The van der Waals surface area contributed by atoms with Crippen LogP contribution in [0.15, 0.2) is 23.1 Å². The van der Waals surface area contributed by atoms with Crippen molar-refractivity contribution in [2.24, 2.45) is 11.8 Å². The van der Waals surface area contributed by atoms with Gasteiger partial charge in [0.25, 0.3) is 0 Å². The lowest BCUT2D eigenvalue weighted by atomic mass is 9.96. The molecule has 1 amide bonds. The second-order valence-corrected chi connectivity index (χ2v) is 9.07. The maximum atomic E-state index is 13.7. The van der Waals surface area contributed by atoms with Gasteiger partial charge in [0.1, 0.15) is 5.82 Å². The lowest BCUT2D eigenvalue weighted by Crippen LogP contribution is -2.45. The molecule has 7 heteroatoms. The van der Waals surface area contributed by atoms with Crippen molar-refractivity contribution in [3.63, 3.8) is 0 Å². The van der Waals surface area contributed by atoms with Gasteiger partial charge in [0.2, 0.25) is 15.9 Å². The minimum Gasteiger partial charge on any atom is -0.353 e. The van der Waals surface area contributed by atoms with Gasteiger partial charge in [0.05, 0.1) is 4.90 Å². The number of halogens is 1. The lowest BCUT2D eigenvalue weighted by molar-refractivity contribution is -0.127. The van der Waals surface area contributed by atoms with Crippen LogP contribution in [0.2, 0.25) is 0 Å². The van der Waals surface area contributed by atoms with Crippen molar-refractivity contribution >= 4 is 15.9 Å². The van der Waals surface area contributed by atoms with E-state index in [1.54, 1.807) is 6.92 Å². The summed E-state index contributed by atoms with van der Waals surface area (Å²) in [5.41, 5.74) is 0.411. The maximum absolute atomic E-state index is 13.7. The first-order valence-corrected chi connectivity index (χ1v) is 10.1. The largest absolute Gasteiger partial charge is 0.353 e. The summed E-state index contributed by atoms with van der Waals surface area (Å²) < 4.78 is 40.3. The van der Waals surface area contributed by atoms with Gasteiger partial charge in [-0.2, -0.15) is 4.31 Å². The van der Waals surface area contributed by atoms with Crippen LogP contribution in [-0.4, -0.2) is 37.8 Å². The van der Waals surface area contributed by atoms with Crippen molar-refractivity contribution in [1.82, 2.24) is 9.62 Å². The highest BCUT2D eigenvalue weighted by molar-refractivity contribution is 7.89. The summed E-state index contributed by atoms with van der Waals surface area (Å²) in [6, 6.07) is 4.05. The molecule has 1 aromatic carbocycles. The Morgan fingerprint density at radius 3 is 2.36 bits per heavy atom. The fourth-order valence-corrected chi connectivity index (χ4v) is 4.23. The number of hydrogen-bond donors (Lipinski definition) is 1. The van der Waals surface area contributed by atoms with Gasteiger partial charge in [-0.25, -0.2) is 12.8 Å². The molecule has 140 valence electrons. The van der Waals surface area contributed by atoms with Crippen molar-refractivity contribution in [1.29, 1.82) is 0 Å². The second-order valence-electron chi connectivity index (χ2n) is 7.13. The highest BCUT2D eigenvalue weighted by Gasteiger charge is 2.32. The molecule has 1 heterocycles. The first kappa shape index (κ1) is 19.8. The van der Waals surface area contributed by atoms with Crippen LogP contribution in [0.1, 0.15) is 39.2 Å². The van der Waals surface area contributed by atoms with Crippen LogP contribution < -0.4 is 5.32 Å². The van der Waals surface area contributed by atoms with Gasteiger partial charge in [0.15, 0.2) is 0 Å². The number of carbonyl (C=O) groups excluding carboxylic acids is 1. The summed E-state index contributed by atoms with van der Waals surface area (Å²) in [7, 11) is -3.73. The Hall–Kier alpha value is -1.47. The summed E-state index contributed by atoms with van der Waals surface area (Å²) in [6.07, 6.45) is 0.953. The first-order valence-electron chi connectivity index (χ1n) is 8.69. The number of carbonyl (C=O) groups is 1. The third kappa shape index (κ3) is 4.58. The number of aryl methyl sites for hydroxylation is 1. The van der Waals surface area contributed by atoms with Gasteiger partial charge in [-0.3, -0.25) is 4.79 Å². The Balaban J connectivity index is 2.01. The molecule has 0 aromatic heterocycles. The Morgan fingerprint density at radius 2 is 1.84 bits per heavy atom. The Labute approximate surface area is 149 Å². The number of sulfonamides is 1. The highest BCUT2D eigenvalue weighted by Crippen LogP contribution is 2.25. The van der Waals surface area contributed by atoms with Crippen LogP contribution >= 0.6 is 0 Å². The van der Waals surface area contributed by atoms with Crippen LogP contribution in [0.3, 0.4) is 0 Å².